The fourth-order valence-corrected chi connectivity index (χ4v) is 6.05. The second-order valence-electron chi connectivity index (χ2n) is 9.27. The van der Waals surface area contributed by atoms with Crippen LogP contribution >= 0.6 is 22.9 Å². The number of likely N-dealkylation sites (tertiary alicyclic amines) is 1. The Morgan fingerprint density at radius 1 is 1.14 bits per heavy atom. The number of thiophene rings is 1. The molecule has 1 aromatic carbocycles. The van der Waals surface area contributed by atoms with Crippen LogP contribution in [0.1, 0.15) is 32.9 Å². The maximum atomic E-state index is 13.1. The molecule has 0 aliphatic carbocycles. The van der Waals surface area contributed by atoms with Crippen molar-refractivity contribution < 1.29 is 9.59 Å². The Labute approximate surface area is 221 Å². The summed E-state index contributed by atoms with van der Waals surface area (Å²) in [6, 6.07) is 7.80. The van der Waals surface area contributed by atoms with Gasteiger partial charge in [-0.1, -0.05) is 0 Å². The minimum absolute atomic E-state index is 0.0335. The van der Waals surface area contributed by atoms with Gasteiger partial charge in [0.2, 0.25) is 5.28 Å². The van der Waals surface area contributed by atoms with Crippen molar-refractivity contribution >= 4 is 73.1 Å². The number of rotatable bonds is 4. The quantitative estimate of drug-likeness (QED) is 0.292. The van der Waals surface area contributed by atoms with E-state index in [0.717, 1.165) is 52.6 Å². The first kappa shape index (κ1) is 23.8. The summed E-state index contributed by atoms with van der Waals surface area (Å²) in [6.45, 7) is 3.11. The van der Waals surface area contributed by atoms with E-state index < -0.39 is 0 Å². The van der Waals surface area contributed by atoms with Crippen LogP contribution in [0.5, 0.6) is 0 Å². The van der Waals surface area contributed by atoms with Gasteiger partial charge in [-0.25, -0.2) is 9.97 Å². The molecule has 37 heavy (non-hydrogen) atoms. The first-order valence-corrected chi connectivity index (χ1v) is 13.3. The third kappa shape index (κ3) is 4.65. The lowest BCUT2D eigenvalue weighted by molar-refractivity contribution is 0.0915. The summed E-state index contributed by atoms with van der Waals surface area (Å²) in [7, 11) is 2.08. The molecule has 10 nitrogen and oxygen atoms in total. The Kier molecular flexibility index (Phi) is 6.27. The van der Waals surface area contributed by atoms with Crippen molar-refractivity contribution in [1.82, 2.24) is 30.5 Å². The summed E-state index contributed by atoms with van der Waals surface area (Å²) in [5.74, 6) is 0.497. The van der Waals surface area contributed by atoms with Crippen LogP contribution in [0.2, 0.25) is 5.28 Å². The second kappa shape index (κ2) is 9.73. The van der Waals surface area contributed by atoms with Gasteiger partial charge >= 0.3 is 0 Å². The van der Waals surface area contributed by atoms with Gasteiger partial charge in [-0.15, -0.1) is 11.3 Å². The third-order valence-corrected chi connectivity index (χ3v) is 8.08. The number of carbonyl (C=O) groups excluding carboxylic acids is 2. The van der Waals surface area contributed by atoms with E-state index in [1.807, 2.05) is 24.3 Å². The highest BCUT2D eigenvalue weighted by Gasteiger charge is 2.24. The molecule has 1 saturated heterocycles. The monoisotopic (exact) mass is 536 g/mol. The SMILES string of the molecule is CN1CCC(NC(=O)c2cnc(Cl)nc2Nc2ccc3c(ccc4sc5c(c43)NCCNC5=O)n2)CC1. The fourth-order valence-electron chi connectivity index (χ4n) is 4.80. The molecule has 0 atom stereocenters. The largest absolute Gasteiger partial charge is 0.381 e. The van der Waals surface area contributed by atoms with Crippen molar-refractivity contribution in [3.8, 4) is 0 Å². The number of piperidine rings is 1. The number of anilines is 3. The highest BCUT2D eigenvalue weighted by Crippen LogP contribution is 2.40. The van der Waals surface area contributed by atoms with E-state index in [4.69, 9.17) is 16.6 Å². The van der Waals surface area contributed by atoms with Gasteiger partial charge in [0, 0.05) is 40.8 Å². The van der Waals surface area contributed by atoms with Crippen molar-refractivity contribution in [2.24, 2.45) is 0 Å². The zero-order valence-electron chi connectivity index (χ0n) is 20.1. The van der Waals surface area contributed by atoms with E-state index in [9.17, 15) is 9.59 Å². The molecule has 4 N–H and O–H groups in total. The number of amides is 2. The highest BCUT2D eigenvalue weighted by molar-refractivity contribution is 7.21. The Morgan fingerprint density at radius 2 is 1.95 bits per heavy atom. The molecule has 190 valence electrons. The molecule has 0 bridgehead atoms. The third-order valence-electron chi connectivity index (χ3n) is 6.74. The second-order valence-corrected chi connectivity index (χ2v) is 10.7. The van der Waals surface area contributed by atoms with Gasteiger partial charge < -0.3 is 26.2 Å². The molecule has 0 spiro atoms. The lowest BCUT2D eigenvalue weighted by Gasteiger charge is -2.29. The number of nitrogens with one attached hydrogen (secondary N) is 4. The molecule has 12 heteroatoms. The van der Waals surface area contributed by atoms with Gasteiger partial charge in [-0.2, -0.15) is 4.98 Å². The van der Waals surface area contributed by atoms with E-state index in [1.54, 1.807) is 0 Å². The smallest absolute Gasteiger partial charge is 0.263 e. The van der Waals surface area contributed by atoms with Gasteiger partial charge in [0.05, 0.1) is 11.2 Å². The topological polar surface area (TPSA) is 124 Å². The average Bonchev–Trinajstić information content (AvgIpc) is 3.17. The predicted octanol–water partition coefficient (Wildman–Crippen LogP) is 3.62. The molecular formula is C25H25ClN8O2S. The number of benzene rings is 1. The zero-order chi connectivity index (χ0) is 25.5. The van der Waals surface area contributed by atoms with E-state index in [0.29, 0.717) is 35.2 Å². The zero-order valence-corrected chi connectivity index (χ0v) is 21.7. The standard InChI is InChI=1S/C25H25ClN8O2S/c1-34-10-6-13(7-11-34)30-23(35)15-12-29-25(26)33-22(15)32-18-5-2-14-16(31-18)3-4-17-19(14)20-21(37-17)24(36)28-9-8-27-20/h2-5,12-13,27H,6-11H2,1H3,(H,28,36)(H,30,35)(H,29,31,32,33). The summed E-state index contributed by atoms with van der Waals surface area (Å²) in [5.41, 5.74) is 1.90. The van der Waals surface area contributed by atoms with Crippen LogP contribution in [0, 0.1) is 0 Å². The lowest BCUT2D eigenvalue weighted by atomic mass is 10.1. The number of hydrogen-bond acceptors (Lipinski definition) is 9. The summed E-state index contributed by atoms with van der Waals surface area (Å²) >= 11 is 7.55. The van der Waals surface area contributed by atoms with Crippen LogP contribution in [0.3, 0.4) is 0 Å². The van der Waals surface area contributed by atoms with Crippen molar-refractivity contribution in [3.63, 3.8) is 0 Å². The molecule has 0 radical (unpaired) electrons. The number of pyridine rings is 1. The van der Waals surface area contributed by atoms with Crippen LogP contribution in [0.15, 0.2) is 30.5 Å². The average molecular weight is 537 g/mol. The van der Waals surface area contributed by atoms with Crippen molar-refractivity contribution in [3.05, 3.63) is 46.2 Å². The van der Waals surface area contributed by atoms with Gasteiger partial charge in [0.15, 0.2) is 0 Å². The highest BCUT2D eigenvalue weighted by atomic mass is 35.5. The normalized spacial score (nSPS) is 16.6. The summed E-state index contributed by atoms with van der Waals surface area (Å²) in [5, 5.41) is 14.5. The summed E-state index contributed by atoms with van der Waals surface area (Å²) in [6.07, 6.45) is 3.22. The summed E-state index contributed by atoms with van der Waals surface area (Å²) in [4.78, 5) is 41.6. The van der Waals surface area contributed by atoms with Gasteiger partial charge in [-0.05, 0) is 68.8 Å². The molecule has 1 fully saturated rings. The fraction of sp³-hybridized carbons (Fsp3) is 0.320. The molecular weight excluding hydrogens is 512 g/mol. The lowest BCUT2D eigenvalue weighted by Crippen LogP contribution is -2.43. The molecule has 0 saturated carbocycles. The van der Waals surface area contributed by atoms with Crippen LogP contribution in [-0.2, 0) is 0 Å². The number of carbonyl (C=O) groups is 2. The van der Waals surface area contributed by atoms with Crippen LogP contribution in [-0.4, -0.2) is 70.9 Å². The molecule has 2 aliphatic rings. The van der Waals surface area contributed by atoms with Gasteiger partial charge in [0.25, 0.3) is 11.8 Å². The summed E-state index contributed by atoms with van der Waals surface area (Å²) < 4.78 is 1.01. The van der Waals surface area contributed by atoms with Gasteiger partial charge in [-0.3, -0.25) is 9.59 Å². The van der Waals surface area contributed by atoms with E-state index in [-0.39, 0.29) is 23.1 Å². The van der Waals surface area contributed by atoms with E-state index in [2.05, 4.69) is 43.2 Å². The van der Waals surface area contributed by atoms with E-state index in [1.165, 1.54) is 17.5 Å². The minimum atomic E-state index is -0.249. The van der Waals surface area contributed by atoms with Crippen molar-refractivity contribution in [2.75, 3.05) is 43.9 Å². The molecule has 4 aromatic rings. The van der Waals surface area contributed by atoms with Gasteiger partial charge in [0.1, 0.15) is 22.1 Å². The number of halogens is 1. The minimum Gasteiger partial charge on any atom is -0.381 e. The molecule has 2 aliphatic heterocycles. The van der Waals surface area contributed by atoms with E-state index >= 15 is 0 Å². The number of aromatic nitrogens is 3. The van der Waals surface area contributed by atoms with Crippen LogP contribution < -0.4 is 21.3 Å². The first-order chi connectivity index (χ1) is 18.0. The number of fused-ring (bicyclic) bond motifs is 5. The maximum Gasteiger partial charge on any atom is 0.263 e. The number of nitrogens with zero attached hydrogens (tertiary/aromatic N) is 4. The molecule has 6 rings (SSSR count). The predicted molar refractivity (Wildman–Crippen MR) is 146 cm³/mol. The Hall–Kier alpha value is -3.54. The Balaban J connectivity index is 1.31. The molecule has 5 heterocycles. The molecule has 3 aromatic heterocycles. The number of hydrogen-bond donors (Lipinski definition) is 4. The first-order valence-electron chi connectivity index (χ1n) is 12.1. The van der Waals surface area contributed by atoms with Crippen LogP contribution in [0.25, 0.3) is 21.0 Å². The molecule has 2 amide bonds. The van der Waals surface area contributed by atoms with Crippen molar-refractivity contribution in [2.45, 2.75) is 18.9 Å². The van der Waals surface area contributed by atoms with Crippen LogP contribution in [0.4, 0.5) is 17.3 Å². The Bertz CT molecular complexity index is 1530. The maximum absolute atomic E-state index is 13.1. The molecule has 0 unspecified atom stereocenters. The van der Waals surface area contributed by atoms with Crippen molar-refractivity contribution in [1.29, 1.82) is 0 Å². The Morgan fingerprint density at radius 3 is 2.78 bits per heavy atom.